The van der Waals surface area contributed by atoms with Crippen molar-refractivity contribution in [3.8, 4) is 11.5 Å². The summed E-state index contributed by atoms with van der Waals surface area (Å²) in [6.45, 7) is -0.991. The lowest BCUT2D eigenvalue weighted by Gasteiger charge is -2.32. The van der Waals surface area contributed by atoms with Gasteiger partial charge in [-0.05, 0) is 24.3 Å². The number of rotatable bonds is 17. The standard InChI is InChI=1S/C34H36F2O8/c35-27-13-5-1-9-23(27)17-41-21-31(43-19-25-11-3-7-15-29(25)37)33(39)34(40)32(44-20-26-12-4-8-16-30(26)38)22-42-18-24-10-2-6-14-28(24)36/h1-16,31-34,37-40H,17-22H2/t31-,32-,33-,34-/m1/s1. The van der Waals surface area contributed by atoms with E-state index in [1.54, 1.807) is 72.8 Å². The number of halogens is 2. The number of phenolic OH excluding ortho intramolecular Hbond substituents is 2. The van der Waals surface area contributed by atoms with Crippen LogP contribution in [-0.4, -0.2) is 58.1 Å². The van der Waals surface area contributed by atoms with Gasteiger partial charge in [0.25, 0.3) is 0 Å². The number of benzene rings is 4. The van der Waals surface area contributed by atoms with Gasteiger partial charge in [0.15, 0.2) is 0 Å². The Balaban J connectivity index is 1.48. The summed E-state index contributed by atoms with van der Waals surface area (Å²) >= 11 is 0. The molecule has 0 spiro atoms. The van der Waals surface area contributed by atoms with Crippen LogP contribution in [0.25, 0.3) is 0 Å². The molecule has 0 amide bonds. The summed E-state index contributed by atoms with van der Waals surface area (Å²) < 4.78 is 51.5. The molecule has 4 rings (SSSR count). The molecule has 0 aromatic heterocycles. The largest absolute Gasteiger partial charge is 0.508 e. The topological polar surface area (TPSA) is 118 Å². The monoisotopic (exact) mass is 610 g/mol. The summed E-state index contributed by atoms with van der Waals surface area (Å²) in [7, 11) is 0. The van der Waals surface area contributed by atoms with Gasteiger partial charge in [-0.15, -0.1) is 0 Å². The first-order valence-electron chi connectivity index (χ1n) is 14.1. The first-order valence-corrected chi connectivity index (χ1v) is 14.1. The molecule has 4 N–H and O–H groups in total. The van der Waals surface area contributed by atoms with Gasteiger partial charge >= 0.3 is 0 Å². The van der Waals surface area contributed by atoms with Gasteiger partial charge in [0.1, 0.15) is 47.5 Å². The first-order chi connectivity index (χ1) is 21.3. The lowest BCUT2D eigenvalue weighted by atomic mass is 10.0. The number of hydrogen-bond acceptors (Lipinski definition) is 8. The van der Waals surface area contributed by atoms with Crippen LogP contribution in [0.4, 0.5) is 8.78 Å². The summed E-state index contributed by atoms with van der Waals surface area (Å²) in [6, 6.07) is 25.2. The third-order valence-electron chi connectivity index (χ3n) is 7.00. The number of aromatic hydroxyl groups is 2. The highest BCUT2D eigenvalue weighted by Crippen LogP contribution is 2.22. The molecule has 0 unspecified atom stereocenters. The van der Waals surface area contributed by atoms with Crippen molar-refractivity contribution in [3.63, 3.8) is 0 Å². The molecule has 0 saturated heterocycles. The highest BCUT2D eigenvalue weighted by atomic mass is 19.1. The summed E-state index contributed by atoms with van der Waals surface area (Å²) in [5, 5.41) is 43.0. The zero-order valence-corrected chi connectivity index (χ0v) is 24.0. The van der Waals surface area contributed by atoms with Crippen molar-refractivity contribution in [2.45, 2.75) is 50.8 Å². The van der Waals surface area contributed by atoms with Crippen molar-refractivity contribution in [1.29, 1.82) is 0 Å². The quantitative estimate of drug-likeness (QED) is 0.132. The molecule has 234 valence electrons. The lowest BCUT2D eigenvalue weighted by Crippen LogP contribution is -2.49. The Morgan fingerprint density at radius 1 is 0.477 bits per heavy atom. The number of ether oxygens (including phenoxy) is 4. The summed E-state index contributed by atoms with van der Waals surface area (Å²) in [5.41, 5.74) is 1.47. The molecule has 0 aliphatic heterocycles. The second-order valence-electron chi connectivity index (χ2n) is 10.2. The minimum absolute atomic E-state index is 0.0148. The molecule has 10 heteroatoms. The Kier molecular flexibility index (Phi) is 12.6. The Morgan fingerprint density at radius 2 is 0.818 bits per heavy atom. The van der Waals surface area contributed by atoms with Gasteiger partial charge in [-0.1, -0.05) is 72.8 Å². The predicted molar refractivity (Wildman–Crippen MR) is 157 cm³/mol. The van der Waals surface area contributed by atoms with Crippen LogP contribution in [0.15, 0.2) is 97.1 Å². The molecule has 0 aliphatic rings. The predicted octanol–water partition coefficient (Wildman–Crippen LogP) is 5.00. The molecule has 0 heterocycles. The van der Waals surface area contributed by atoms with Gasteiger partial charge in [0.2, 0.25) is 0 Å². The van der Waals surface area contributed by atoms with E-state index < -0.39 is 36.1 Å². The maximum absolute atomic E-state index is 14.1. The maximum Gasteiger partial charge on any atom is 0.128 e. The van der Waals surface area contributed by atoms with Crippen molar-refractivity contribution < 1.29 is 48.2 Å². The molecule has 44 heavy (non-hydrogen) atoms. The Labute approximate surface area is 254 Å². The number of para-hydroxylation sites is 2. The van der Waals surface area contributed by atoms with Gasteiger partial charge in [0.05, 0.1) is 39.6 Å². The van der Waals surface area contributed by atoms with Crippen LogP contribution in [-0.2, 0) is 45.4 Å². The van der Waals surface area contributed by atoms with Crippen LogP contribution in [0.2, 0.25) is 0 Å². The number of aliphatic hydroxyl groups is 2. The fourth-order valence-electron chi connectivity index (χ4n) is 4.39. The molecule has 0 fully saturated rings. The molecule has 4 aromatic rings. The van der Waals surface area contributed by atoms with Crippen molar-refractivity contribution in [2.24, 2.45) is 0 Å². The third kappa shape index (κ3) is 9.55. The van der Waals surface area contributed by atoms with E-state index >= 15 is 0 Å². The molecular formula is C34H36F2O8. The molecule has 8 nitrogen and oxygen atoms in total. The van der Waals surface area contributed by atoms with Crippen LogP contribution in [0.5, 0.6) is 11.5 Å². The van der Waals surface area contributed by atoms with E-state index in [1.165, 1.54) is 24.3 Å². The maximum atomic E-state index is 14.1. The summed E-state index contributed by atoms with van der Waals surface area (Å²) in [5.74, 6) is -0.938. The van der Waals surface area contributed by atoms with Crippen molar-refractivity contribution in [3.05, 3.63) is 131 Å². The Hall–Kier alpha value is -3.90. The molecule has 4 atom stereocenters. The normalized spacial score (nSPS) is 14.2. The van der Waals surface area contributed by atoms with E-state index in [2.05, 4.69) is 0 Å². The van der Waals surface area contributed by atoms with E-state index in [1.807, 2.05) is 0 Å². The Bertz CT molecular complexity index is 1340. The fraction of sp³-hybridized carbons (Fsp3) is 0.294. The van der Waals surface area contributed by atoms with Gasteiger partial charge in [-0.25, -0.2) is 8.78 Å². The van der Waals surface area contributed by atoms with E-state index in [-0.39, 0.29) is 51.1 Å². The molecule has 0 bridgehead atoms. The van der Waals surface area contributed by atoms with E-state index in [0.717, 1.165) is 0 Å². The van der Waals surface area contributed by atoms with Crippen LogP contribution in [0, 0.1) is 11.6 Å². The molecule has 0 aliphatic carbocycles. The van der Waals surface area contributed by atoms with Gasteiger partial charge < -0.3 is 39.4 Å². The third-order valence-corrected chi connectivity index (χ3v) is 7.00. The average molecular weight is 611 g/mol. The fourth-order valence-corrected chi connectivity index (χ4v) is 4.39. The zero-order valence-electron chi connectivity index (χ0n) is 24.0. The van der Waals surface area contributed by atoms with Crippen LogP contribution in [0.1, 0.15) is 22.3 Å². The second kappa shape index (κ2) is 16.8. The summed E-state index contributed by atoms with van der Waals surface area (Å²) in [6.07, 6.45) is -5.51. The average Bonchev–Trinajstić information content (AvgIpc) is 3.03. The number of phenols is 2. The van der Waals surface area contributed by atoms with Crippen LogP contribution in [0.3, 0.4) is 0 Å². The molecular weight excluding hydrogens is 574 g/mol. The molecule has 4 aromatic carbocycles. The van der Waals surface area contributed by atoms with E-state index in [4.69, 9.17) is 18.9 Å². The van der Waals surface area contributed by atoms with Crippen molar-refractivity contribution in [2.75, 3.05) is 13.2 Å². The van der Waals surface area contributed by atoms with Crippen LogP contribution >= 0.6 is 0 Å². The first kappa shape index (κ1) is 33.0. The van der Waals surface area contributed by atoms with Crippen molar-refractivity contribution in [1.82, 2.24) is 0 Å². The minimum atomic E-state index is -1.60. The number of hydrogen-bond donors (Lipinski definition) is 4. The minimum Gasteiger partial charge on any atom is -0.508 e. The second-order valence-corrected chi connectivity index (χ2v) is 10.2. The van der Waals surface area contributed by atoms with Gasteiger partial charge in [-0.2, -0.15) is 0 Å². The molecule has 0 saturated carbocycles. The van der Waals surface area contributed by atoms with Gasteiger partial charge in [-0.3, -0.25) is 0 Å². The van der Waals surface area contributed by atoms with Crippen molar-refractivity contribution >= 4 is 0 Å². The Morgan fingerprint density at radius 3 is 1.18 bits per heavy atom. The van der Waals surface area contributed by atoms with Crippen LogP contribution < -0.4 is 0 Å². The molecule has 0 radical (unpaired) electrons. The highest BCUT2D eigenvalue weighted by Gasteiger charge is 2.34. The summed E-state index contributed by atoms with van der Waals surface area (Å²) in [4.78, 5) is 0. The zero-order chi connectivity index (χ0) is 31.3. The highest BCUT2D eigenvalue weighted by molar-refractivity contribution is 5.31. The number of aliphatic hydroxyl groups excluding tert-OH is 2. The van der Waals surface area contributed by atoms with E-state index in [9.17, 15) is 29.2 Å². The lowest BCUT2D eigenvalue weighted by molar-refractivity contribution is -0.170. The van der Waals surface area contributed by atoms with E-state index in [0.29, 0.717) is 22.3 Å². The van der Waals surface area contributed by atoms with Gasteiger partial charge in [0, 0.05) is 22.3 Å². The SMILES string of the molecule is Oc1ccccc1CO[C@H](COCc1ccccc1F)[C@@H](O)[C@H](O)[C@@H](COCc1ccccc1F)OCc1ccccc1O. The smallest absolute Gasteiger partial charge is 0.128 e.